The van der Waals surface area contributed by atoms with Gasteiger partial charge < -0.3 is 9.80 Å². The number of likely N-dealkylation sites (N-methyl/N-ethyl adjacent to an activating group) is 1. The van der Waals surface area contributed by atoms with Crippen LogP contribution in [0.5, 0.6) is 0 Å². The highest BCUT2D eigenvalue weighted by Gasteiger charge is 2.16. The molecule has 1 saturated heterocycles. The van der Waals surface area contributed by atoms with E-state index < -0.39 is 0 Å². The molecule has 0 radical (unpaired) electrons. The van der Waals surface area contributed by atoms with Gasteiger partial charge in [0, 0.05) is 37.6 Å². The smallest absolute Gasteiger partial charge is 0.225 e. The van der Waals surface area contributed by atoms with Crippen LogP contribution in [0.2, 0.25) is 0 Å². The molecule has 2 rings (SSSR count). The Kier molecular flexibility index (Phi) is 2.86. The first kappa shape index (κ1) is 10.4. The van der Waals surface area contributed by atoms with Crippen molar-refractivity contribution in [1.82, 2.24) is 14.9 Å². The van der Waals surface area contributed by atoms with E-state index in [1.165, 1.54) is 0 Å². The van der Waals surface area contributed by atoms with Gasteiger partial charge in [-0.05, 0) is 27.0 Å². The Labute approximate surface area is 90.9 Å². The monoisotopic (exact) mass is 206 g/mol. The molecule has 1 aliphatic rings. The molecule has 0 spiro atoms. The summed E-state index contributed by atoms with van der Waals surface area (Å²) in [6.45, 7) is 8.29. The van der Waals surface area contributed by atoms with Crippen LogP contribution in [-0.2, 0) is 0 Å². The molecule has 0 unspecified atom stereocenters. The third-order valence-corrected chi connectivity index (χ3v) is 2.76. The average molecular weight is 206 g/mol. The summed E-state index contributed by atoms with van der Waals surface area (Å²) in [6.07, 6.45) is 0. The van der Waals surface area contributed by atoms with Crippen molar-refractivity contribution in [2.24, 2.45) is 0 Å². The third-order valence-electron chi connectivity index (χ3n) is 2.76. The van der Waals surface area contributed by atoms with E-state index in [0.29, 0.717) is 0 Å². The number of aryl methyl sites for hydroxylation is 2. The van der Waals surface area contributed by atoms with Gasteiger partial charge in [0.25, 0.3) is 0 Å². The Balaban J connectivity index is 2.15. The van der Waals surface area contributed by atoms with Crippen molar-refractivity contribution >= 4 is 5.95 Å². The van der Waals surface area contributed by atoms with Gasteiger partial charge in [-0.25, -0.2) is 9.97 Å². The molecular weight excluding hydrogens is 188 g/mol. The van der Waals surface area contributed by atoms with Gasteiger partial charge in [0.1, 0.15) is 0 Å². The molecule has 1 aromatic rings. The molecule has 0 N–H and O–H groups in total. The van der Waals surface area contributed by atoms with Crippen LogP contribution < -0.4 is 4.90 Å². The van der Waals surface area contributed by atoms with Crippen molar-refractivity contribution in [3.8, 4) is 0 Å². The molecule has 4 nitrogen and oxygen atoms in total. The fourth-order valence-electron chi connectivity index (χ4n) is 1.86. The summed E-state index contributed by atoms with van der Waals surface area (Å²) in [5.74, 6) is 0.889. The molecule has 1 aliphatic heterocycles. The number of rotatable bonds is 1. The Bertz CT molecular complexity index is 322. The van der Waals surface area contributed by atoms with E-state index in [9.17, 15) is 0 Å². The van der Waals surface area contributed by atoms with Crippen LogP contribution in [0.15, 0.2) is 6.07 Å². The first-order valence-electron chi connectivity index (χ1n) is 5.41. The van der Waals surface area contributed by atoms with E-state index in [1.807, 2.05) is 19.9 Å². The number of aromatic nitrogens is 2. The third kappa shape index (κ3) is 2.45. The van der Waals surface area contributed by atoms with Crippen molar-refractivity contribution in [2.75, 3.05) is 38.1 Å². The van der Waals surface area contributed by atoms with Gasteiger partial charge in [-0.2, -0.15) is 0 Å². The average Bonchev–Trinajstić information content (AvgIpc) is 2.17. The lowest BCUT2D eigenvalue weighted by Crippen LogP contribution is -2.45. The fourth-order valence-corrected chi connectivity index (χ4v) is 1.86. The topological polar surface area (TPSA) is 32.3 Å². The van der Waals surface area contributed by atoms with Gasteiger partial charge >= 0.3 is 0 Å². The Hall–Kier alpha value is -1.16. The van der Waals surface area contributed by atoms with Crippen LogP contribution in [0.4, 0.5) is 5.95 Å². The van der Waals surface area contributed by atoms with Gasteiger partial charge in [-0.3, -0.25) is 0 Å². The number of hydrogen-bond acceptors (Lipinski definition) is 4. The Morgan fingerprint density at radius 2 is 1.53 bits per heavy atom. The van der Waals surface area contributed by atoms with Crippen LogP contribution in [0, 0.1) is 13.8 Å². The first-order chi connectivity index (χ1) is 7.15. The second-order valence-corrected chi connectivity index (χ2v) is 4.24. The molecule has 1 aromatic heterocycles. The lowest BCUT2D eigenvalue weighted by molar-refractivity contribution is 0.311. The summed E-state index contributed by atoms with van der Waals surface area (Å²) in [7, 11) is 2.15. The standard InChI is InChI=1S/C11H18N4/c1-9-8-10(2)13-11(12-9)15-6-4-14(3)5-7-15/h8H,4-7H2,1-3H3. The molecule has 0 amide bonds. The zero-order valence-corrected chi connectivity index (χ0v) is 9.69. The van der Waals surface area contributed by atoms with E-state index in [-0.39, 0.29) is 0 Å². The molecular formula is C11H18N4. The maximum atomic E-state index is 4.48. The minimum atomic E-state index is 0.889. The van der Waals surface area contributed by atoms with Crippen LogP contribution >= 0.6 is 0 Å². The quantitative estimate of drug-likeness (QED) is 0.682. The van der Waals surface area contributed by atoms with Crippen molar-refractivity contribution < 1.29 is 0 Å². The second-order valence-electron chi connectivity index (χ2n) is 4.24. The number of nitrogens with zero attached hydrogens (tertiary/aromatic N) is 4. The molecule has 82 valence electrons. The highest BCUT2D eigenvalue weighted by Crippen LogP contribution is 2.11. The molecule has 0 atom stereocenters. The predicted octanol–water partition coefficient (Wildman–Crippen LogP) is 0.845. The predicted molar refractivity (Wildman–Crippen MR) is 61.2 cm³/mol. The summed E-state index contributed by atoms with van der Waals surface area (Å²) in [5, 5.41) is 0. The molecule has 2 heterocycles. The summed E-state index contributed by atoms with van der Waals surface area (Å²) in [5.41, 5.74) is 2.10. The van der Waals surface area contributed by atoms with Gasteiger partial charge in [0.15, 0.2) is 0 Å². The molecule has 0 aliphatic carbocycles. The number of anilines is 1. The maximum absolute atomic E-state index is 4.48. The summed E-state index contributed by atoms with van der Waals surface area (Å²) in [4.78, 5) is 13.6. The van der Waals surface area contributed by atoms with Crippen LogP contribution in [0.3, 0.4) is 0 Å². The summed E-state index contributed by atoms with van der Waals surface area (Å²) < 4.78 is 0. The lowest BCUT2D eigenvalue weighted by atomic mass is 10.3. The first-order valence-corrected chi connectivity index (χ1v) is 5.41. The van der Waals surface area contributed by atoms with Gasteiger partial charge in [-0.15, -0.1) is 0 Å². The highest BCUT2D eigenvalue weighted by molar-refractivity contribution is 5.32. The van der Waals surface area contributed by atoms with Crippen molar-refractivity contribution in [2.45, 2.75) is 13.8 Å². The summed E-state index contributed by atoms with van der Waals surface area (Å²) in [6, 6.07) is 2.01. The van der Waals surface area contributed by atoms with Gasteiger partial charge in [0.05, 0.1) is 0 Å². The summed E-state index contributed by atoms with van der Waals surface area (Å²) >= 11 is 0. The lowest BCUT2D eigenvalue weighted by Gasteiger charge is -2.32. The molecule has 4 heteroatoms. The SMILES string of the molecule is Cc1cc(C)nc(N2CCN(C)CC2)n1. The fraction of sp³-hybridized carbons (Fsp3) is 0.636. The van der Waals surface area contributed by atoms with E-state index in [0.717, 1.165) is 43.5 Å². The zero-order chi connectivity index (χ0) is 10.8. The Morgan fingerprint density at radius 1 is 1.00 bits per heavy atom. The number of hydrogen-bond donors (Lipinski definition) is 0. The normalized spacial score (nSPS) is 18.2. The largest absolute Gasteiger partial charge is 0.338 e. The second kappa shape index (κ2) is 4.14. The van der Waals surface area contributed by atoms with E-state index in [4.69, 9.17) is 0 Å². The molecule has 0 aromatic carbocycles. The molecule has 0 saturated carbocycles. The van der Waals surface area contributed by atoms with Crippen LogP contribution in [0.1, 0.15) is 11.4 Å². The maximum Gasteiger partial charge on any atom is 0.225 e. The number of piperazine rings is 1. The highest BCUT2D eigenvalue weighted by atomic mass is 15.3. The Morgan fingerprint density at radius 3 is 2.07 bits per heavy atom. The van der Waals surface area contributed by atoms with E-state index >= 15 is 0 Å². The van der Waals surface area contributed by atoms with Crippen molar-refractivity contribution in [3.05, 3.63) is 17.5 Å². The van der Waals surface area contributed by atoms with E-state index in [1.54, 1.807) is 0 Å². The molecule has 15 heavy (non-hydrogen) atoms. The molecule has 1 fully saturated rings. The molecule has 0 bridgehead atoms. The van der Waals surface area contributed by atoms with E-state index in [2.05, 4.69) is 26.8 Å². The van der Waals surface area contributed by atoms with Crippen molar-refractivity contribution in [3.63, 3.8) is 0 Å². The van der Waals surface area contributed by atoms with Crippen LogP contribution in [0.25, 0.3) is 0 Å². The minimum absolute atomic E-state index is 0.889. The van der Waals surface area contributed by atoms with Gasteiger partial charge in [-0.1, -0.05) is 0 Å². The zero-order valence-electron chi connectivity index (χ0n) is 9.69. The minimum Gasteiger partial charge on any atom is -0.338 e. The van der Waals surface area contributed by atoms with Crippen molar-refractivity contribution in [1.29, 1.82) is 0 Å². The van der Waals surface area contributed by atoms with Gasteiger partial charge in [0.2, 0.25) is 5.95 Å². The van der Waals surface area contributed by atoms with Crippen LogP contribution in [-0.4, -0.2) is 48.1 Å².